The molecule has 628 valence electrons. The molecule has 45 heteroatoms. The topological polar surface area (TPSA) is 688 Å². The van der Waals surface area contributed by atoms with Crippen LogP contribution in [-0.2, 0) is 97.7 Å². The molecule has 0 aliphatic carbocycles. The minimum absolute atomic E-state index is 0.00218. The van der Waals surface area contributed by atoms with E-state index >= 15 is 9.59 Å². The van der Waals surface area contributed by atoms with E-state index in [1.165, 1.54) is 35.1 Å². The predicted molar refractivity (Wildman–Crippen MR) is 415 cm³/mol. The SMILES string of the molecule is C[C@@H](O)[C@@H]1NC(=O)[C@@H](NC(=O)[C@H](CS)NC(=O)CN)CCc2cn(nn2)CCC[C@@H](C(=O)N[C@@H](Cc2ccc(O)cc2)C(=O)O)NC(=O)[C@H](CCC(N)=O)NC(=O)[C@H](Cc2c[nH]c3ccccc23)NC(=O)[C@H](CCCNC(N)=O)NC(=O)[C@H](CS)NC(=O)[C@H](CCCNC(=N)N)NC(=O)[C@@H]2CCCCN2C(=O)[C@H](CC(=O)O)NC1=O. The molecular weight excluding hydrogens is 1550 g/mol. The Morgan fingerprint density at radius 2 is 1.28 bits per heavy atom. The van der Waals surface area contributed by atoms with Gasteiger partial charge >= 0.3 is 18.0 Å². The van der Waals surface area contributed by atoms with Crippen molar-refractivity contribution in [1.29, 1.82) is 5.41 Å². The molecular formula is C70H101N23O20S2. The number of amides is 15. The fourth-order valence-electron chi connectivity index (χ4n) is 12.6. The Labute approximate surface area is 669 Å². The number of primary amides is 2. The van der Waals surface area contributed by atoms with E-state index in [2.05, 4.69) is 110 Å². The fraction of sp³-hybridized carbons (Fsp3) is 0.529. The highest BCUT2D eigenvalue weighted by atomic mass is 32.1. The van der Waals surface area contributed by atoms with Gasteiger partial charge < -0.3 is 122 Å². The molecule has 4 aromatic rings. The summed E-state index contributed by atoms with van der Waals surface area (Å²) in [5.74, 6) is -18.4. The third-order valence-corrected chi connectivity index (χ3v) is 19.4. The Morgan fingerprint density at radius 1 is 0.670 bits per heavy atom. The average molecular weight is 1650 g/mol. The number of phenols is 1. The first-order chi connectivity index (χ1) is 54.7. The number of nitrogens with zero attached hydrogens (tertiary/aromatic N) is 4. The average Bonchev–Trinajstić information content (AvgIpc) is 1.81. The normalized spacial score (nSPS) is 22.5. The van der Waals surface area contributed by atoms with Crippen LogP contribution in [0.15, 0.2) is 60.9 Å². The van der Waals surface area contributed by atoms with E-state index in [1.54, 1.807) is 30.5 Å². The first-order valence-corrected chi connectivity index (χ1v) is 38.2. The van der Waals surface area contributed by atoms with E-state index in [1.807, 2.05) is 0 Å². The minimum Gasteiger partial charge on any atom is -0.508 e. The van der Waals surface area contributed by atoms with Gasteiger partial charge in [-0.2, -0.15) is 25.3 Å². The summed E-state index contributed by atoms with van der Waals surface area (Å²) >= 11 is 8.51. The van der Waals surface area contributed by atoms with E-state index in [9.17, 15) is 87.5 Å². The Bertz CT molecular complexity index is 4130. The second-order valence-electron chi connectivity index (χ2n) is 27.5. The van der Waals surface area contributed by atoms with Crippen LogP contribution >= 0.6 is 25.3 Å². The number of carbonyl (C=O) groups is 16. The Balaban J connectivity index is 1.47. The van der Waals surface area contributed by atoms with Crippen molar-refractivity contribution in [2.75, 3.05) is 37.7 Å². The van der Waals surface area contributed by atoms with Crippen molar-refractivity contribution in [1.82, 2.24) is 94.0 Å². The first-order valence-electron chi connectivity index (χ1n) is 37.0. The molecule has 2 aromatic heterocycles. The zero-order valence-corrected chi connectivity index (χ0v) is 64.6. The molecule has 13 atom stereocenters. The van der Waals surface area contributed by atoms with Crippen LogP contribution in [0.4, 0.5) is 4.79 Å². The highest BCUT2D eigenvalue weighted by molar-refractivity contribution is 7.80. The molecule has 0 saturated carbocycles. The van der Waals surface area contributed by atoms with Gasteiger partial charge in [0.1, 0.15) is 78.3 Å². The second-order valence-corrected chi connectivity index (χ2v) is 28.2. The number of hydrogen-bond donors (Lipinski definition) is 25. The lowest BCUT2D eigenvalue weighted by atomic mass is 9.98. The number of fused-ring (bicyclic) bond motifs is 4. The standard InChI is InChI=1S/C70H101N23O20S2/c1-35(94)56-66(109)86-48(29-55(98)99)67(110)93-26-5-4-14-52(93)65(108)84-43(11-6-23-76-69(73)74)59(102)88-51(34-115)64(107)81-42(12-7-24-77-70(75)113)57(100)85-47(28-37-31-78-41-10-3-2-9-40(37)41)62(105)82-46(21-22-53(72)96)60(103)80-44(58(101)87-49(68(111)112)27-36-15-18-39(95)19-16-36)13-8-25-92-32-38(90-91-92)17-20-45(61(104)89-56)83-63(106)50(33-114)79-54(97)30-71/h2-3,9-10,15-16,18-19,31-32,35,42-52,56,78,94-95,114-115H,4-8,11-14,17,20-30,33-34,71H2,1H3,(H2,72,96)(H,79,97)(H,80,103)(H,81,107)(H,82,105)(H,83,106)(H,84,108)(H,85,100)(H,86,109)(H,87,101)(H,88,102)(H,89,104)(H,98,99)(H,111,112)(H4,73,74,76)(H3,75,77,113)/t35-,42+,43+,44+,45+,46+,47+,48+,49+,50+,51+,52+,56+/m1/s1. The summed E-state index contributed by atoms with van der Waals surface area (Å²) < 4.78 is 1.28. The highest BCUT2D eigenvalue weighted by Crippen LogP contribution is 2.23. The van der Waals surface area contributed by atoms with E-state index in [0.29, 0.717) is 28.5 Å². The summed E-state index contributed by atoms with van der Waals surface area (Å²) in [7, 11) is 0. The summed E-state index contributed by atoms with van der Waals surface area (Å²) in [5.41, 5.74) is 23.5. The van der Waals surface area contributed by atoms with Gasteiger partial charge in [0, 0.05) is 80.2 Å². The molecule has 0 radical (unpaired) electrons. The number of benzene rings is 2. The van der Waals surface area contributed by atoms with Crippen LogP contribution in [0, 0.1) is 5.41 Å². The molecule has 2 aliphatic heterocycles. The quantitative estimate of drug-likeness (QED) is 0.0114. The van der Waals surface area contributed by atoms with E-state index in [-0.39, 0.29) is 120 Å². The number of hydrogen-bond acceptors (Lipinski definition) is 24. The lowest BCUT2D eigenvalue weighted by molar-refractivity contribution is -0.149. The molecule has 115 heavy (non-hydrogen) atoms. The molecule has 4 heterocycles. The number of piperidine rings is 1. The van der Waals surface area contributed by atoms with E-state index < -0.39 is 211 Å². The third-order valence-electron chi connectivity index (χ3n) is 18.7. The van der Waals surface area contributed by atoms with Gasteiger partial charge in [0.05, 0.1) is 24.8 Å². The molecule has 0 unspecified atom stereocenters. The number of para-hydroxylation sites is 1. The minimum atomic E-state index is -2.03. The van der Waals surface area contributed by atoms with Crippen molar-refractivity contribution in [3.8, 4) is 5.75 Å². The summed E-state index contributed by atoms with van der Waals surface area (Å²) in [6, 6.07) is -9.10. The number of nitrogens with two attached hydrogens (primary N) is 4. The second kappa shape index (κ2) is 45.7. The molecule has 2 aliphatic rings. The monoisotopic (exact) mass is 1650 g/mol. The number of aromatic hydroxyl groups is 1. The molecule has 43 nitrogen and oxygen atoms in total. The van der Waals surface area contributed by atoms with Crippen LogP contribution in [0.5, 0.6) is 5.75 Å². The number of phenolic OH excluding ortho intramolecular Hbond substituents is 1. The number of thiol groups is 2. The Kier molecular flexibility index (Phi) is 36.6. The molecule has 6 rings (SSSR count). The maximum absolute atomic E-state index is 15.2. The van der Waals surface area contributed by atoms with Crippen molar-refractivity contribution >= 4 is 137 Å². The highest BCUT2D eigenvalue weighted by Gasteiger charge is 2.42. The number of aromatic nitrogens is 4. The number of guanidine groups is 1. The number of aliphatic carboxylic acids is 2. The first kappa shape index (κ1) is 92.0. The molecule has 1 fully saturated rings. The lowest BCUT2D eigenvalue weighted by Crippen LogP contribution is -2.63. The van der Waals surface area contributed by atoms with E-state index in [0.717, 1.165) is 11.8 Å². The molecule has 27 N–H and O–H groups in total. The number of aliphatic hydroxyl groups is 1. The number of aliphatic hydroxyl groups excluding tert-OH is 1. The van der Waals surface area contributed by atoms with Gasteiger partial charge in [-0.1, -0.05) is 35.5 Å². The van der Waals surface area contributed by atoms with E-state index in [4.69, 9.17) is 28.3 Å². The van der Waals surface area contributed by atoms with Gasteiger partial charge in [0.15, 0.2) is 5.96 Å². The fourth-order valence-corrected chi connectivity index (χ4v) is 13.1. The lowest BCUT2D eigenvalue weighted by Gasteiger charge is -2.37. The number of carboxylic acid groups (broad SMARTS) is 2. The van der Waals surface area contributed by atoms with Crippen molar-refractivity contribution < 1.29 is 97.1 Å². The van der Waals surface area contributed by atoms with Gasteiger partial charge in [-0.05, 0) is 113 Å². The molecule has 0 spiro atoms. The number of aromatic amines is 1. The van der Waals surface area contributed by atoms with Gasteiger partial charge in [0.2, 0.25) is 76.8 Å². The Hall–Kier alpha value is -11.9. The van der Waals surface area contributed by atoms with Crippen molar-refractivity contribution in [2.24, 2.45) is 22.9 Å². The van der Waals surface area contributed by atoms with Crippen LogP contribution in [0.2, 0.25) is 0 Å². The number of aryl methyl sites for hydroxylation is 2. The van der Waals surface area contributed by atoms with Crippen molar-refractivity contribution in [3.63, 3.8) is 0 Å². The zero-order chi connectivity index (χ0) is 84.6. The number of nitrogens with one attached hydrogen (secondary N) is 15. The number of carbonyl (C=O) groups excluding carboxylic acids is 14. The van der Waals surface area contributed by atoms with Crippen molar-refractivity contribution in [2.45, 2.75) is 195 Å². The molecule has 15 amide bonds. The van der Waals surface area contributed by atoms with Crippen LogP contribution in [0.1, 0.15) is 107 Å². The summed E-state index contributed by atoms with van der Waals surface area (Å²) in [6.07, 6.45) is -3.12. The van der Waals surface area contributed by atoms with Crippen LogP contribution in [0.25, 0.3) is 10.9 Å². The zero-order valence-electron chi connectivity index (χ0n) is 62.9. The third kappa shape index (κ3) is 29.6. The van der Waals surface area contributed by atoms with Gasteiger partial charge in [0.25, 0.3) is 0 Å². The maximum Gasteiger partial charge on any atom is 0.326 e. The molecule has 1 saturated heterocycles. The number of rotatable bonds is 27. The number of H-pyrrole nitrogens is 1. The largest absolute Gasteiger partial charge is 0.508 e. The van der Waals surface area contributed by atoms with Gasteiger partial charge in [-0.15, -0.1) is 5.10 Å². The Morgan fingerprint density at radius 3 is 1.90 bits per heavy atom. The smallest absolute Gasteiger partial charge is 0.326 e. The van der Waals surface area contributed by atoms with Crippen LogP contribution in [-0.4, -0.2) is 262 Å². The van der Waals surface area contributed by atoms with Crippen molar-refractivity contribution in [3.05, 3.63) is 77.7 Å². The summed E-state index contributed by atoms with van der Waals surface area (Å²) in [5, 5.41) is 90.5. The summed E-state index contributed by atoms with van der Waals surface area (Å²) in [4.78, 5) is 228. The van der Waals surface area contributed by atoms with Crippen LogP contribution < -0.4 is 92.1 Å². The predicted octanol–water partition coefficient (Wildman–Crippen LogP) is -6.87. The van der Waals surface area contributed by atoms with Crippen LogP contribution in [0.3, 0.4) is 0 Å². The van der Waals surface area contributed by atoms with Gasteiger partial charge in [-0.3, -0.25) is 77.2 Å². The summed E-state index contributed by atoms with van der Waals surface area (Å²) in [6.45, 7) is -0.0490. The molecule has 2 aromatic carbocycles. The van der Waals surface area contributed by atoms with Gasteiger partial charge in [-0.25, -0.2) is 9.59 Å². The number of carboxylic acids is 2. The molecule has 2 bridgehead atoms. The number of urea groups is 1. The maximum atomic E-state index is 15.2.